The minimum atomic E-state index is -4.97. The molecule has 0 saturated heterocycles. The maximum atomic E-state index is 13.6. The molecule has 0 aliphatic heterocycles. The van der Waals surface area contributed by atoms with Crippen LogP contribution in [0.25, 0.3) is 0 Å². The summed E-state index contributed by atoms with van der Waals surface area (Å²) in [5.41, 5.74) is -2.84. The van der Waals surface area contributed by atoms with Crippen molar-refractivity contribution in [2.75, 3.05) is 7.05 Å². The van der Waals surface area contributed by atoms with Crippen LogP contribution in [-0.2, 0) is 23.6 Å². The molecule has 1 aliphatic rings. The van der Waals surface area contributed by atoms with Crippen molar-refractivity contribution >= 4 is 0 Å². The zero-order valence-electron chi connectivity index (χ0n) is 20.3. The lowest BCUT2D eigenvalue weighted by molar-refractivity contribution is -0.143. The Bertz CT molecular complexity index is 1270. The molecule has 1 aromatic heterocycles. The topological polar surface area (TPSA) is 74.0 Å². The van der Waals surface area contributed by atoms with Crippen molar-refractivity contribution in [1.82, 2.24) is 20.1 Å². The smallest absolute Gasteiger partial charge is 0.370 e. The second-order valence-corrected chi connectivity index (χ2v) is 9.42. The number of likely N-dealkylation sites (N-methyl/N-ethyl adjacent to an activating group) is 1. The van der Waals surface area contributed by atoms with E-state index in [-0.39, 0.29) is 30.1 Å². The third kappa shape index (κ3) is 6.26. The summed E-state index contributed by atoms with van der Waals surface area (Å²) in [5, 5.41) is 6.18. The van der Waals surface area contributed by atoms with Gasteiger partial charge >= 0.3 is 18.0 Å². The molecule has 0 amide bonds. The van der Waals surface area contributed by atoms with E-state index in [4.69, 9.17) is 4.74 Å². The van der Waals surface area contributed by atoms with Crippen molar-refractivity contribution in [2.45, 2.75) is 62.8 Å². The number of aromatic amines is 2. The standard InChI is InChI=1S/C25H25F7N4O2/c1-13(15-9-16(24(27,28)29)11-17(10-15)25(30,31)32)38-20-8-7-19(22(20)14-3-5-18(26)6-4-14)36(2)12-21-33-23(37)35-34-21/h3-6,9-11,13,19-20,22H,7-8,12H2,1-2H3,(H2,33,34,35,37)/t13-,19-,20+,22+/m1/s1. The molecule has 0 radical (unpaired) electrons. The van der Waals surface area contributed by atoms with Gasteiger partial charge in [0.15, 0.2) is 0 Å². The lowest BCUT2D eigenvalue weighted by atomic mass is 9.91. The van der Waals surface area contributed by atoms with Crippen LogP contribution in [0.1, 0.15) is 59.9 Å². The highest BCUT2D eigenvalue weighted by molar-refractivity contribution is 5.35. The summed E-state index contributed by atoms with van der Waals surface area (Å²) in [5.74, 6) is -0.460. The van der Waals surface area contributed by atoms with Crippen molar-refractivity contribution in [2.24, 2.45) is 0 Å². The molecule has 1 heterocycles. The first-order valence-electron chi connectivity index (χ1n) is 11.8. The van der Waals surface area contributed by atoms with Crippen LogP contribution in [0.5, 0.6) is 0 Å². The van der Waals surface area contributed by atoms with Gasteiger partial charge in [-0.05, 0) is 68.3 Å². The van der Waals surface area contributed by atoms with E-state index in [1.165, 1.54) is 19.1 Å². The Kier molecular flexibility index (Phi) is 7.71. The SMILES string of the molecule is C[C@@H](O[C@H]1CC[C@@H](N(C)Cc2n[nH]c(=O)[nH]2)[C@@H]1c1ccc(F)cc1)c1cc(C(F)(F)F)cc(C(F)(F)F)c1. The predicted octanol–water partition coefficient (Wildman–Crippen LogP) is 5.80. The monoisotopic (exact) mass is 546 g/mol. The van der Waals surface area contributed by atoms with Crippen LogP contribution < -0.4 is 5.69 Å². The Morgan fingerprint density at radius 3 is 2.16 bits per heavy atom. The number of benzene rings is 2. The van der Waals surface area contributed by atoms with Gasteiger partial charge in [0.05, 0.1) is 29.9 Å². The third-order valence-corrected chi connectivity index (χ3v) is 6.79. The first-order valence-corrected chi connectivity index (χ1v) is 11.8. The Hall–Kier alpha value is -3.19. The van der Waals surface area contributed by atoms with E-state index in [2.05, 4.69) is 15.2 Å². The molecule has 4 atom stereocenters. The Morgan fingerprint density at radius 1 is 1.03 bits per heavy atom. The van der Waals surface area contributed by atoms with Gasteiger partial charge in [0.1, 0.15) is 11.6 Å². The first-order chi connectivity index (χ1) is 17.7. The molecule has 2 aromatic carbocycles. The van der Waals surface area contributed by atoms with Crippen molar-refractivity contribution in [3.8, 4) is 0 Å². The maximum absolute atomic E-state index is 13.6. The summed E-state index contributed by atoms with van der Waals surface area (Å²) >= 11 is 0. The van der Waals surface area contributed by atoms with Gasteiger partial charge in [-0.2, -0.15) is 31.4 Å². The summed E-state index contributed by atoms with van der Waals surface area (Å²) in [6.07, 6.45) is -10.6. The van der Waals surface area contributed by atoms with Crippen molar-refractivity contribution in [3.63, 3.8) is 0 Å². The zero-order valence-corrected chi connectivity index (χ0v) is 20.3. The number of hydrogen-bond acceptors (Lipinski definition) is 4. The number of aromatic nitrogens is 3. The molecular formula is C25H25F7N4O2. The Balaban J connectivity index is 1.63. The average molecular weight is 546 g/mol. The molecule has 38 heavy (non-hydrogen) atoms. The van der Waals surface area contributed by atoms with Gasteiger partial charge in [-0.15, -0.1) is 0 Å². The number of halogens is 7. The molecule has 1 saturated carbocycles. The highest BCUT2D eigenvalue weighted by Gasteiger charge is 2.42. The van der Waals surface area contributed by atoms with Crippen LogP contribution >= 0.6 is 0 Å². The molecule has 1 fully saturated rings. The van der Waals surface area contributed by atoms with E-state index in [0.717, 1.165) is 0 Å². The first kappa shape index (κ1) is 27.8. The Morgan fingerprint density at radius 2 is 1.63 bits per heavy atom. The van der Waals surface area contributed by atoms with Crippen molar-refractivity contribution in [1.29, 1.82) is 0 Å². The van der Waals surface area contributed by atoms with Crippen LogP contribution in [0.2, 0.25) is 0 Å². The van der Waals surface area contributed by atoms with Crippen molar-refractivity contribution in [3.05, 3.63) is 86.8 Å². The van der Waals surface area contributed by atoms with E-state index in [0.29, 0.717) is 36.4 Å². The molecular weight excluding hydrogens is 521 g/mol. The van der Waals surface area contributed by atoms with Gasteiger partial charge in [-0.1, -0.05) is 12.1 Å². The lowest BCUT2D eigenvalue weighted by Gasteiger charge is -2.33. The number of alkyl halides is 6. The van der Waals surface area contributed by atoms with Crippen LogP contribution in [0.3, 0.4) is 0 Å². The Labute approximate surface area is 212 Å². The fourth-order valence-electron chi connectivity index (χ4n) is 5.00. The summed E-state index contributed by atoms with van der Waals surface area (Å²) in [6, 6.07) is 6.92. The highest BCUT2D eigenvalue weighted by atomic mass is 19.4. The minimum absolute atomic E-state index is 0.0808. The minimum Gasteiger partial charge on any atom is -0.370 e. The van der Waals surface area contributed by atoms with Crippen LogP contribution in [0.15, 0.2) is 47.3 Å². The molecule has 206 valence electrons. The van der Waals surface area contributed by atoms with Gasteiger partial charge in [0.2, 0.25) is 0 Å². The quantitative estimate of drug-likeness (QED) is 0.368. The number of nitrogens with one attached hydrogen (secondary N) is 2. The molecule has 4 rings (SSSR count). The van der Waals surface area contributed by atoms with Crippen LogP contribution in [0, 0.1) is 5.82 Å². The normalized spacial score (nSPS) is 21.3. The number of nitrogens with zero attached hydrogens (tertiary/aromatic N) is 2. The van der Waals surface area contributed by atoms with E-state index >= 15 is 0 Å². The van der Waals surface area contributed by atoms with E-state index in [9.17, 15) is 35.5 Å². The van der Waals surface area contributed by atoms with Gasteiger partial charge in [-0.3, -0.25) is 9.88 Å². The molecule has 1 aliphatic carbocycles. The number of ether oxygens (including phenoxy) is 1. The number of rotatable bonds is 7. The molecule has 0 unspecified atom stereocenters. The molecule has 2 N–H and O–H groups in total. The molecule has 0 bridgehead atoms. The van der Waals surface area contributed by atoms with Gasteiger partial charge in [0.25, 0.3) is 0 Å². The predicted molar refractivity (Wildman–Crippen MR) is 123 cm³/mol. The highest BCUT2D eigenvalue weighted by Crippen LogP contribution is 2.43. The van der Waals surface area contributed by atoms with E-state index in [1.807, 2.05) is 4.90 Å². The summed E-state index contributed by atoms with van der Waals surface area (Å²) in [4.78, 5) is 15.9. The van der Waals surface area contributed by atoms with Gasteiger partial charge in [0, 0.05) is 12.0 Å². The molecule has 0 spiro atoms. The van der Waals surface area contributed by atoms with Gasteiger partial charge in [-0.25, -0.2) is 14.3 Å². The number of hydrogen-bond donors (Lipinski definition) is 2. The fraction of sp³-hybridized carbons (Fsp3) is 0.440. The summed E-state index contributed by atoms with van der Waals surface area (Å²) in [6.45, 7) is 1.66. The summed E-state index contributed by atoms with van der Waals surface area (Å²) in [7, 11) is 1.79. The second-order valence-electron chi connectivity index (χ2n) is 9.42. The fourth-order valence-corrected chi connectivity index (χ4v) is 5.00. The van der Waals surface area contributed by atoms with E-state index < -0.39 is 47.2 Å². The maximum Gasteiger partial charge on any atom is 0.416 e. The molecule has 13 heteroatoms. The van der Waals surface area contributed by atoms with Crippen LogP contribution in [-0.4, -0.2) is 39.3 Å². The number of H-pyrrole nitrogens is 2. The molecule has 6 nitrogen and oxygen atoms in total. The average Bonchev–Trinajstić information content (AvgIpc) is 3.44. The zero-order chi connectivity index (χ0) is 27.8. The van der Waals surface area contributed by atoms with E-state index in [1.54, 1.807) is 19.2 Å². The van der Waals surface area contributed by atoms with Crippen LogP contribution in [0.4, 0.5) is 30.7 Å². The third-order valence-electron chi connectivity index (χ3n) is 6.79. The lowest BCUT2D eigenvalue weighted by Crippen LogP contribution is -2.36. The molecule has 3 aromatic rings. The summed E-state index contributed by atoms with van der Waals surface area (Å²) < 4.78 is 100.0. The van der Waals surface area contributed by atoms with Crippen molar-refractivity contribution < 1.29 is 35.5 Å². The second kappa shape index (κ2) is 10.5. The van der Waals surface area contributed by atoms with Gasteiger partial charge < -0.3 is 4.74 Å². The largest absolute Gasteiger partial charge is 0.416 e.